The number of rotatable bonds is 2. The first-order valence-electron chi connectivity index (χ1n) is 5.66. The number of benzene rings is 1. The van der Waals surface area contributed by atoms with E-state index in [2.05, 4.69) is 18.1 Å². The van der Waals surface area contributed by atoms with Crippen molar-refractivity contribution in [2.45, 2.75) is 13.8 Å². The van der Waals surface area contributed by atoms with E-state index in [0.717, 1.165) is 17.0 Å². The van der Waals surface area contributed by atoms with Crippen LogP contribution in [0.5, 0.6) is 0 Å². The highest BCUT2D eigenvalue weighted by Gasteiger charge is 2.12. The van der Waals surface area contributed by atoms with Crippen molar-refractivity contribution in [2.24, 2.45) is 7.05 Å². The molecule has 0 aliphatic carbocycles. The van der Waals surface area contributed by atoms with E-state index in [1.54, 1.807) is 6.07 Å². The zero-order valence-corrected chi connectivity index (χ0v) is 12.0. The third-order valence-electron chi connectivity index (χ3n) is 2.94. The highest BCUT2D eigenvalue weighted by molar-refractivity contribution is 6.43. The summed E-state index contributed by atoms with van der Waals surface area (Å²) in [5.74, 6) is 0. The van der Waals surface area contributed by atoms with Crippen molar-refractivity contribution < 1.29 is 0 Å². The molecule has 0 bridgehead atoms. The molecule has 0 aliphatic rings. The van der Waals surface area contributed by atoms with Gasteiger partial charge in [0, 0.05) is 12.6 Å². The van der Waals surface area contributed by atoms with Crippen LogP contribution >= 0.6 is 23.2 Å². The molecular formula is C14H14Cl2N2. The Morgan fingerprint density at radius 1 is 1.33 bits per heavy atom. The lowest BCUT2D eigenvalue weighted by Gasteiger charge is -2.01. The maximum absolute atomic E-state index is 6.21. The van der Waals surface area contributed by atoms with Crippen molar-refractivity contribution in [3.63, 3.8) is 0 Å². The van der Waals surface area contributed by atoms with Crippen LogP contribution in [0.2, 0.25) is 10.0 Å². The van der Waals surface area contributed by atoms with E-state index in [4.69, 9.17) is 23.2 Å². The third kappa shape index (κ3) is 2.31. The summed E-state index contributed by atoms with van der Waals surface area (Å²) in [6.07, 6.45) is 2.06. The number of aryl methyl sites for hydroxylation is 1. The van der Waals surface area contributed by atoms with Crippen LogP contribution in [0.4, 0.5) is 0 Å². The Bertz CT molecular complexity index is 612. The van der Waals surface area contributed by atoms with Crippen molar-refractivity contribution in [1.29, 1.82) is 0 Å². The second kappa shape index (κ2) is 5.17. The number of aromatic nitrogens is 2. The minimum Gasteiger partial charge on any atom is -0.268 e. The van der Waals surface area contributed by atoms with Crippen LogP contribution < -0.4 is 0 Å². The molecule has 0 unspecified atom stereocenters. The molecule has 2 aromatic rings. The number of hydrogen-bond acceptors (Lipinski definition) is 1. The fourth-order valence-corrected chi connectivity index (χ4v) is 2.21. The van der Waals surface area contributed by atoms with Gasteiger partial charge in [0.05, 0.1) is 21.4 Å². The van der Waals surface area contributed by atoms with Crippen molar-refractivity contribution in [2.75, 3.05) is 0 Å². The van der Waals surface area contributed by atoms with Gasteiger partial charge < -0.3 is 0 Å². The first kappa shape index (κ1) is 13.2. The van der Waals surface area contributed by atoms with E-state index in [1.807, 2.05) is 36.9 Å². The molecule has 0 radical (unpaired) electrons. The lowest BCUT2D eigenvalue weighted by molar-refractivity contribution is 0.758. The summed E-state index contributed by atoms with van der Waals surface area (Å²) in [6.45, 7) is 4.06. The molecule has 0 saturated heterocycles. The Labute approximate surface area is 117 Å². The summed E-state index contributed by atoms with van der Waals surface area (Å²) >= 11 is 12.2. The molecule has 0 N–H and O–H groups in total. The molecule has 0 fully saturated rings. The number of allylic oxidation sites excluding steroid dienone is 2. The summed E-state index contributed by atoms with van der Waals surface area (Å²) < 4.78 is 1.85. The lowest BCUT2D eigenvalue weighted by atomic mass is 10.1. The number of halogens is 2. The Morgan fingerprint density at radius 2 is 2.06 bits per heavy atom. The number of nitrogens with zero attached hydrogens (tertiary/aromatic N) is 2. The van der Waals surface area contributed by atoms with Gasteiger partial charge in [-0.05, 0) is 31.6 Å². The zero-order valence-electron chi connectivity index (χ0n) is 10.5. The van der Waals surface area contributed by atoms with E-state index in [0.29, 0.717) is 10.0 Å². The third-order valence-corrected chi connectivity index (χ3v) is 3.76. The van der Waals surface area contributed by atoms with E-state index in [9.17, 15) is 0 Å². The molecule has 4 heteroatoms. The summed E-state index contributed by atoms with van der Waals surface area (Å²) in [5, 5.41) is 5.57. The van der Waals surface area contributed by atoms with Crippen LogP contribution in [0, 0.1) is 0 Å². The van der Waals surface area contributed by atoms with Gasteiger partial charge in [-0.15, -0.1) is 0 Å². The molecule has 0 aliphatic heterocycles. The molecule has 0 atom stereocenters. The van der Waals surface area contributed by atoms with Gasteiger partial charge in [-0.1, -0.05) is 41.4 Å². The predicted molar refractivity (Wildman–Crippen MR) is 78.0 cm³/mol. The molecule has 1 aromatic heterocycles. The lowest BCUT2D eigenvalue weighted by Crippen LogP contribution is -1.95. The summed E-state index contributed by atoms with van der Waals surface area (Å²) in [6, 6.07) is 7.59. The van der Waals surface area contributed by atoms with Crippen molar-refractivity contribution >= 4 is 28.8 Å². The Hall–Kier alpha value is -1.25. The molecule has 1 heterocycles. The highest BCUT2D eigenvalue weighted by atomic mass is 35.5. The first-order chi connectivity index (χ1) is 8.54. The molecule has 0 spiro atoms. The second-order valence-corrected chi connectivity index (χ2v) is 4.90. The maximum Gasteiger partial charge on any atom is 0.0945 e. The van der Waals surface area contributed by atoms with Gasteiger partial charge in [-0.2, -0.15) is 5.10 Å². The first-order valence-corrected chi connectivity index (χ1v) is 6.42. The fraction of sp³-hybridized carbons (Fsp3) is 0.214. The van der Waals surface area contributed by atoms with Crippen LogP contribution in [0.3, 0.4) is 0 Å². The van der Waals surface area contributed by atoms with Crippen molar-refractivity contribution in [3.8, 4) is 11.3 Å². The van der Waals surface area contributed by atoms with E-state index >= 15 is 0 Å². The second-order valence-electron chi connectivity index (χ2n) is 4.11. The van der Waals surface area contributed by atoms with E-state index < -0.39 is 0 Å². The Balaban J connectivity index is 2.56. The topological polar surface area (TPSA) is 17.8 Å². The smallest absolute Gasteiger partial charge is 0.0945 e. The van der Waals surface area contributed by atoms with Crippen LogP contribution in [0.1, 0.15) is 19.5 Å². The quantitative estimate of drug-likeness (QED) is 0.771. The molecule has 18 heavy (non-hydrogen) atoms. The summed E-state index contributed by atoms with van der Waals surface area (Å²) in [5.41, 5.74) is 3.94. The zero-order chi connectivity index (χ0) is 13.3. The average Bonchev–Trinajstić information content (AvgIpc) is 2.73. The van der Waals surface area contributed by atoms with E-state index in [-0.39, 0.29) is 0 Å². The molecule has 0 saturated carbocycles. The normalized spacial score (nSPS) is 11.9. The average molecular weight is 281 g/mol. The van der Waals surface area contributed by atoms with Gasteiger partial charge in [-0.3, -0.25) is 4.68 Å². The molecular weight excluding hydrogens is 267 g/mol. The largest absolute Gasteiger partial charge is 0.268 e. The van der Waals surface area contributed by atoms with Crippen LogP contribution in [0.25, 0.3) is 16.8 Å². The SMILES string of the molecule is C/C=C(\C)c1cc(-c2cccc(Cl)c2Cl)nn1C. The highest BCUT2D eigenvalue weighted by Crippen LogP contribution is 2.33. The summed E-state index contributed by atoms with van der Waals surface area (Å²) in [7, 11) is 1.92. The van der Waals surface area contributed by atoms with Crippen LogP contribution in [0.15, 0.2) is 30.3 Å². The van der Waals surface area contributed by atoms with Gasteiger partial charge in [-0.25, -0.2) is 0 Å². The fourth-order valence-electron chi connectivity index (χ4n) is 1.82. The van der Waals surface area contributed by atoms with E-state index in [1.165, 1.54) is 5.57 Å². The van der Waals surface area contributed by atoms with Crippen LogP contribution in [-0.2, 0) is 7.05 Å². The van der Waals surface area contributed by atoms with Crippen LogP contribution in [-0.4, -0.2) is 9.78 Å². The van der Waals surface area contributed by atoms with Gasteiger partial charge >= 0.3 is 0 Å². The van der Waals surface area contributed by atoms with Crippen molar-refractivity contribution in [1.82, 2.24) is 9.78 Å². The van der Waals surface area contributed by atoms with Gasteiger partial charge in [0.1, 0.15) is 0 Å². The standard InChI is InChI=1S/C14H14Cl2N2/c1-4-9(2)13-8-12(17-18(13)3)10-6-5-7-11(15)14(10)16/h4-8H,1-3H3/b9-4+. The molecule has 1 aromatic carbocycles. The van der Waals surface area contributed by atoms with Crippen molar-refractivity contribution in [3.05, 3.63) is 46.1 Å². The summed E-state index contributed by atoms with van der Waals surface area (Å²) in [4.78, 5) is 0. The van der Waals surface area contributed by atoms with Gasteiger partial charge in [0.2, 0.25) is 0 Å². The van der Waals surface area contributed by atoms with Gasteiger partial charge in [0.15, 0.2) is 0 Å². The number of hydrogen-bond donors (Lipinski definition) is 0. The molecule has 0 amide bonds. The molecule has 2 nitrogen and oxygen atoms in total. The van der Waals surface area contributed by atoms with Gasteiger partial charge in [0.25, 0.3) is 0 Å². The Kier molecular flexibility index (Phi) is 3.79. The minimum atomic E-state index is 0.543. The molecule has 94 valence electrons. The monoisotopic (exact) mass is 280 g/mol. The minimum absolute atomic E-state index is 0.543. The molecule has 2 rings (SSSR count). The Morgan fingerprint density at radius 3 is 2.72 bits per heavy atom. The predicted octanol–water partition coefficient (Wildman–Crippen LogP) is 4.82. The maximum atomic E-state index is 6.21.